The average molecular weight is 553 g/mol. The highest BCUT2D eigenvalue weighted by Crippen LogP contribution is 2.24. The largest absolute Gasteiger partial charge is 0.355 e. The number of hydrogen-bond donors (Lipinski definition) is 2. The quantitative estimate of drug-likeness (QED) is 0.0907. The van der Waals surface area contributed by atoms with Gasteiger partial charge in [0.15, 0.2) is 0 Å². The standard InChI is InChI=1S/C34H68N2OS/c1-3-5-7-9-11-13-15-16-17-18-19-20-22-24-26-28-30-35-34(37)32-31-38-33(36-32)29-27-25-23-21-14-12-10-8-6-4-2/h32-33,36H,3-31H2,1-2H3,(H,35,37)/t32-,33?/m0/s1. The van der Waals surface area contributed by atoms with Crippen molar-refractivity contribution in [3.63, 3.8) is 0 Å². The molecule has 1 heterocycles. The van der Waals surface area contributed by atoms with Crippen molar-refractivity contribution in [1.29, 1.82) is 0 Å². The maximum absolute atomic E-state index is 12.5. The zero-order chi connectivity index (χ0) is 27.4. The molecule has 0 radical (unpaired) electrons. The Balaban J connectivity index is 1.80. The lowest BCUT2D eigenvalue weighted by atomic mass is 10.0. The first-order valence-electron chi connectivity index (χ1n) is 17.4. The van der Waals surface area contributed by atoms with Crippen molar-refractivity contribution in [3.05, 3.63) is 0 Å². The van der Waals surface area contributed by atoms with Crippen molar-refractivity contribution in [2.45, 2.75) is 199 Å². The predicted molar refractivity (Wildman–Crippen MR) is 172 cm³/mol. The highest BCUT2D eigenvalue weighted by molar-refractivity contribution is 8.00. The van der Waals surface area contributed by atoms with Gasteiger partial charge in [0, 0.05) is 12.3 Å². The number of carbonyl (C=O) groups is 1. The number of nitrogens with one attached hydrogen (secondary N) is 2. The monoisotopic (exact) mass is 553 g/mol. The van der Waals surface area contributed by atoms with Gasteiger partial charge < -0.3 is 5.32 Å². The molecule has 38 heavy (non-hydrogen) atoms. The predicted octanol–water partition coefficient (Wildman–Crippen LogP) is 10.7. The third kappa shape index (κ3) is 22.6. The van der Waals surface area contributed by atoms with E-state index in [0.29, 0.717) is 5.37 Å². The molecule has 1 aliphatic rings. The van der Waals surface area contributed by atoms with Crippen LogP contribution >= 0.6 is 11.8 Å². The highest BCUT2D eigenvalue weighted by Gasteiger charge is 2.28. The van der Waals surface area contributed by atoms with E-state index in [4.69, 9.17) is 0 Å². The topological polar surface area (TPSA) is 41.1 Å². The molecule has 1 saturated heterocycles. The molecule has 0 aromatic rings. The number of amides is 1. The second-order valence-electron chi connectivity index (χ2n) is 12.1. The van der Waals surface area contributed by atoms with Crippen LogP contribution in [0.15, 0.2) is 0 Å². The van der Waals surface area contributed by atoms with E-state index >= 15 is 0 Å². The van der Waals surface area contributed by atoms with E-state index in [2.05, 4.69) is 24.5 Å². The van der Waals surface area contributed by atoms with Crippen LogP contribution in [0.1, 0.15) is 187 Å². The summed E-state index contributed by atoms with van der Waals surface area (Å²) in [5.74, 6) is 1.16. The van der Waals surface area contributed by atoms with E-state index in [9.17, 15) is 4.79 Å². The van der Waals surface area contributed by atoms with Gasteiger partial charge in [0.1, 0.15) is 0 Å². The Kier molecular flexibility index (Phi) is 26.7. The smallest absolute Gasteiger partial charge is 0.238 e. The van der Waals surface area contributed by atoms with Crippen LogP contribution in [0.3, 0.4) is 0 Å². The molecule has 0 spiro atoms. The van der Waals surface area contributed by atoms with Crippen molar-refractivity contribution >= 4 is 17.7 Å². The normalized spacial score (nSPS) is 17.3. The number of unbranched alkanes of at least 4 members (excludes halogenated alkanes) is 24. The van der Waals surface area contributed by atoms with E-state index in [-0.39, 0.29) is 11.9 Å². The molecule has 1 aliphatic heterocycles. The Bertz CT molecular complexity index is 501. The van der Waals surface area contributed by atoms with E-state index < -0.39 is 0 Å². The summed E-state index contributed by atoms with van der Waals surface area (Å²) in [5, 5.41) is 7.25. The molecule has 1 rings (SSSR count). The van der Waals surface area contributed by atoms with Gasteiger partial charge in [-0.05, 0) is 12.8 Å². The van der Waals surface area contributed by atoms with E-state index in [0.717, 1.165) is 18.7 Å². The molecule has 0 aromatic carbocycles. The van der Waals surface area contributed by atoms with Crippen molar-refractivity contribution in [3.8, 4) is 0 Å². The molecule has 0 aromatic heterocycles. The fraction of sp³-hybridized carbons (Fsp3) is 0.971. The van der Waals surface area contributed by atoms with Gasteiger partial charge in [0.25, 0.3) is 0 Å². The summed E-state index contributed by atoms with van der Waals surface area (Å²) in [6.07, 6.45) is 37.3. The van der Waals surface area contributed by atoms with Gasteiger partial charge in [-0.25, -0.2) is 0 Å². The van der Waals surface area contributed by atoms with Crippen LogP contribution in [0.25, 0.3) is 0 Å². The molecule has 3 nitrogen and oxygen atoms in total. The minimum atomic E-state index is 0.0224. The van der Waals surface area contributed by atoms with Crippen LogP contribution in [0.2, 0.25) is 0 Å². The van der Waals surface area contributed by atoms with E-state index in [1.807, 2.05) is 11.8 Å². The van der Waals surface area contributed by atoms with Crippen LogP contribution in [0.5, 0.6) is 0 Å². The van der Waals surface area contributed by atoms with Gasteiger partial charge in [-0.2, -0.15) is 0 Å². The molecule has 2 N–H and O–H groups in total. The molecule has 2 atom stereocenters. The molecule has 0 saturated carbocycles. The molecular weight excluding hydrogens is 484 g/mol. The fourth-order valence-electron chi connectivity index (χ4n) is 5.68. The minimum Gasteiger partial charge on any atom is -0.355 e. The van der Waals surface area contributed by atoms with Crippen molar-refractivity contribution in [1.82, 2.24) is 10.6 Å². The van der Waals surface area contributed by atoms with Gasteiger partial charge in [-0.15, -0.1) is 11.8 Å². The number of thioether (sulfide) groups is 1. The van der Waals surface area contributed by atoms with Gasteiger partial charge >= 0.3 is 0 Å². The lowest BCUT2D eigenvalue weighted by Crippen LogP contribution is -2.44. The second-order valence-corrected chi connectivity index (χ2v) is 13.3. The minimum absolute atomic E-state index is 0.0224. The lowest BCUT2D eigenvalue weighted by molar-refractivity contribution is -0.122. The van der Waals surface area contributed by atoms with Crippen molar-refractivity contribution < 1.29 is 4.79 Å². The van der Waals surface area contributed by atoms with Crippen LogP contribution in [0.4, 0.5) is 0 Å². The Morgan fingerprint density at radius 2 is 0.947 bits per heavy atom. The van der Waals surface area contributed by atoms with E-state index in [1.165, 1.54) is 167 Å². The summed E-state index contributed by atoms with van der Waals surface area (Å²) in [6.45, 7) is 5.43. The summed E-state index contributed by atoms with van der Waals surface area (Å²) in [7, 11) is 0. The summed E-state index contributed by atoms with van der Waals surface area (Å²) < 4.78 is 0. The number of hydrogen-bond acceptors (Lipinski definition) is 3. The third-order valence-electron chi connectivity index (χ3n) is 8.32. The molecular formula is C34H68N2OS. The molecule has 0 aliphatic carbocycles. The maximum atomic E-state index is 12.5. The van der Waals surface area contributed by atoms with E-state index in [1.54, 1.807) is 0 Å². The average Bonchev–Trinajstić information content (AvgIpc) is 3.40. The first kappa shape index (κ1) is 35.8. The van der Waals surface area contributed by atoms with Crippen LogP contribution < -0.4 is 10.6 Å². The Hall–Kier alpha value is -0.220. The Morgan fingerprint density at radius 1 is 0.579 bits per heavy atom. The Morgan fingerprint density at radius 3 is 1.37 bits per heavy atom. The van der Waals surface area contributed by atoms with Crippen molar-refractivity contribution in [2.75, 3.05) is 12.3 Å². The highest BCUT2D eigenvalue weighted by atomic mass is 32.2. The zero-order valence-corrected chi connectivity index (χ0v) is 26.8. The summed E-state index contributed by atoms with van der Waals surface area (Å²) in [6, 6.07) is 0.0224. The molecule has 4 heteroatoms. The SMILES string of the molecule is CCCCCCCCCCCCCCCCCCNC(=O)[C@@H]1CSC(CCCCCCCCCCCC)N1. The molecule has 0 bridgehead atoms. The first-order chi connectivity index (χ1) is 18.8. The molecule has 1 unspecified atom stereocenters. The second kappa shape index (κ2) is 28.3. The van der Waals surface area contributed by atoms with Gasteiger partial charge in [-0.3, -0.25) is 10.1 Å². The number of rotatable bonds is 29. The summed E-state index contributed by atoms with van der Waals surface area (Å²) in [5.41, 5.74) is 0. The maximum Gasteiger partial charge on any atom is 0.238 e. The van der Waals surface area contributed by atoms with Gasteiger partial charge in [0.2, 0.25) is 5.91 Å². The molecule has 226 valence electrons. The number of carbonyl (C=O) groups excluding carboxylic acids is 1. The van der Waals surface area contributed by atoms with Crippen molar-refractivity contribution in [2.24, 2.45) is 0 Å². The van der Waals surface area contributed by atoms with Gasteiger partial charge in [0.05, 0.1) is 11.4 Å². The van der Waals surface area contributed by atoms with Crippen LogP contribution in [-0.2, 0) is 4.79 Å². The molecule has 1 amide bonds. The van der Waals surface area contributed by atoms with Gasteiger partial charge in [-0.1, -0.05) is 174 Å². The zero-order valence-electron chi connectivity index (χ0n) is 26.0. The fourth-order valence-corrected chi connectivity index (χ4v) is 6.94. The Labute approximate surface area is 243 Å². The summed E-state index contributed by atoms with van der Waals surface area (Å²) >= 11 is 1.95. The van der Waals surface area contributed by atoms with Crippen LogP contribution in [0, 0.1) is 0 Å². The van der Waals surface area contributed by atoms with Crippen LogP contribution in [-0.4, -0.2) is 29.6 Å². The summed E-state index contributed by atoms with van der Waals surface area (Å²) in [4.78, 5) is 12.5. The third-order valence-corrected chi connectivity index (χ3v) is 9.62. The lowest BCUT2D eigenvalue weighted by Gasteiger charge is -2.13. The molecule has 1 fully saturated rings. The first-order valence-corrected chi connectivity index (χ1v) is 18.5.